The smallest absolute Gasteiger partial charge is 0.320 e. The molecule has 0 amide bonds. The van der Waals surface area contributed by atoms with E-state index in [4.69, 9.17) is 30.5 Å². The summed E-state index contributed by atoms with van der Waals surface area (Å²) in [7, 11) is 0. The van der Waals surface area contributed by atoms with Gasteiger partial charge in [0.25, 0.3) is 6.01 Å². The highest BCUT2D eigenvalue weighted by Crippen LogP contribution is 2.37. The number of pyridine rings is 1. The summed E-state index contributed by atoms with van der Waals surface area (Å²) in [4.78, 5) is 25.3. The number of carbonyl (C=O) groups is 1. The van der Waals surface area contributed by atoms with Crippen molar-refractivity contribution in [3.8, 4) is 28.7 Å². The average Bonchev–Trinajstić information content (AvgIpc) is 3.91. The third-order valence-corrected chi connectivity index (χ3v) is 10.8. The van der Waals surface area contributed by atoms with Gasteiger partial charge in [0, 0.05) is 61.3 Å². The van der Waals surface area contributed by atoms with Crippen molar-refractivity contribution < 1.29 is 23.8 Å². The lowest BCUT2D eigenvalue weighted by molar-refractivity contribution is -0.144. The van der Waals surface area contributed by atoms with E-state index < -0.39 is 12.0 Å². The Labute approximate surface area is 306 Å². The van der Waals surface area contributed by atoms with Crippen molar-refractivity contribution in [2.24, 2.45) is 0 Å². The van der Waals surface area contributed by atoms with Crippen LogP contribution in [0, 0.1) is 18.3 Å². The van der Waals surface area contributed by atoms with Crippen LogP contribution in [0.4, 0.5) is 6.01 Å². The maximum Gasteiger partial charge on any atom is 0.320 e. The summed E-state index contributed by atoms with van der Waals surface area (Å²) in [6.45, 7) is 5.42. The van der Waals surface area contributed by atoms with Crippen molar-refractivity contribution in [1.29, 1.82) is 5.26 Å². The van der Waals surface area contributed by atoms with E-state index >= 15 is 0 Å². The molecule has 8 rings (SSSR count). The maximum absolute atomic E-state index is 12.1. The van der Waals surface area contributed by atoms with Gasteiger partial charge < -0.3 is 29.2 Å². The van der Waals surface area contributed by atoms with Crippen LogP contribution in [0.15, 0.2) is 71.4 Å². The quantitative estimate of drug-likeness (QED) is 0.148. The molecule has 12 heteroatoms. The zero-order chi connectivity index (χ0) is 35.8. The first-order valence-electron chi connectivity index (χ1n) is 17.7. The summed E-state index contributed by atoms with van der Waals surface area (Å²) in [5, 5.41) is 23.2. The third-order valence-electron chi connectivity index (χ3n) is 10.5. The Morgan fingerprint density at radius 3 is 2.79 bits per heavy atom. The Balaban J connectivity index is 1.03. The van der Waals surface area contributed by atoms with E-state index in [1.807, 2.05) is 23.1 Å². The van der Waals surface area contributed by atoms with Gasteiger partial charge in [-0.3, -0.25) is 14.7 Å². The number of nitrogens with one attached hydrogen (secondary N) is 1. The number of rotatable bonds is 11. The number of ether oxygens (including phenoxy) is 2. The van der Waals surface area contributed by atoms with Gasteiger partial charge in [-0.05, 0) is 79.3 Å². The summed E-state index contributed by atoms with van der Waals surface area (Å²) in [5.41, 5.74) is 7.73. The summed E-state index contributed by atoms with van der Waals surface area (Å²) < 4.78 is 18.9. The van der Waals surface area contributed by atoms with Crippen molar-refractivity contribution in [3.05, 3.63) is 99.8 Å². The molecule has 2 bridgehead atoms. The Morgan fingerprint density at radius 2 is 1.98 bits per heavy atom. The number of carboxylic acids is 1. The molecule has 2 aromatic heterocycles. The van der Waals surface area contributed by atoms with Gasteiger partial charge in [-0.15, -0.1) is 0 Å². The van der Waals surface area contributed by atoms with Gasteiger partial charge in [-0.25, -0.2) is 0 Å². The largest absolute Gasteiger partial charge is 0.488 e. The number of fused-ring (bicyclic) bond motifs is 3. The Kier molecular flexibility index (Phi) is 9.45. The molecular weight excluding hydrogens is 680 g/mol. The van der Waals surface area contributed by atoms with Gasteiger partial charge in [0.05, 0.1) is 10.6 Å². The first-order chi connectivity index (χ1) is 25.3. The number of benzene rings is 3. The zero-order valence-corrected chi connectivity index (χ0v) is 29.6. The molecule has 3 aromatic carbocycles. The van der Waals surface area contributed by atoms with Gasteiger partial charge in [0.1, 0.15) is 42.3 Å². The topological polar surface area (TPSA) is 137 Å². The van der Waals surface area contributed by atoms with E-state index in [0.29, 0.717) is 59.7 Å². The number of halogens is 1. The van der Waals surface area contributed by atoms with E-state index in [1.165, 1.54) is 6.20 Å². The van der Waals surface area contributed by atoms with Gasteiger partial charge >= 0.3 is 5.97 Å². The first kappa shape index (κ1) is 34.0. The maximum atomic E-state index is 12.1. The molecule has 5 heterocycles. The van der Waals surface area contributed by atoms with Crippen molar-refractivity contribution in [1.82, 2.24) is 20.2 Å². The molecule has 3 atom stereocenters. The predicted molar refractivity (Wildman–Crippen MR) is 196 cm³/mol. The number of piperidine rings is 1. The van der Waals surface area contributed by atoms with E-state index in [2.05, 4.69) is 46.4 Å². The third kappa shape index (κ3) is 6.89. The second kappa shape index (κ2) is 14.5. The van der Waals surface area contributed by atoms with Gasteiger partial charge in [-0.2, -0.15) is 10.2 Å². The number of aliphatic carboxylic acids is 1. The molecular formula is C40H39ClN6O5. The number of nitriles is 1. The number of aromatic nitrogens is 2. The lowest BCUT2D eigenvalue weighted by Crippen LogP contribution is -2.44. The van der Waals surface area contributed by atoms with Crippen LogP contribution in [0.2, 0.25) is 5.02 Å². The average molecular weight is 719 g/mol. The fraction of sp³-hybridized carbons (Fsp3) is 0.350. The summed E-state index contributed by atoms with van der Waals surface area (Å²) >= 11 is 6.85. The van der Waals surface area contributed by atoms with Crippen LogP contribution in [0.3, 0.4) is 0 Å². The van der Waals surface area contributed by atoms with E-state index in [1.54, 1.807) is 24.4 Å². The number of hydrogen-bond donors (Lipinski definition) is 2. The Morgan fingerprint density at radius 1 is 1.10 bits per heavy atom. The fourth-order valence-corrected chi connectivity index (χ4v) is 7.96. The number of hydrogen-bond acceptors (Lipinski definition) is 10. The highest BCUT2D eigenvalue weighted by Gasteiger charge is 2.39. The number of nitrogens with zero attached hydrogens (tertiary/aromatic N) is 5. The molecule has 0 radical (unpaired) electrons. The first-order valence-corrected chi connectivity index (χ1v) is 18.1. The molecule has 5 aromatic rings. The number of piperazine rings is 1. The number of likely N-dealkylation sites (tertiary alicyclic amines) is 1. The summed E-state index contributed by atoms with van der Waals surface area (Å²) in [5.74, 6) is 0.146. The molecule has 3 aliphatic rings. The minimum Gasteiger partial charge on any atom is -0.488 e. The molecule has 3 saturated heterocycles. The predicted octanol–water partition coefficient (Wildman–Crippen LogP) is 6.87. The molecule has 0 saturated carbocycles. The summed E-state index contributed by atoms with van der Waals surface area (Å²) in [6, 6.07) is 20.8. The van der Waals surface area contributed by atoms with E-state index in [9.17, 15) is 15.2 Å². The highest BCUT2D eigenvalue weighted by molar-refractivity contribution is 6.32. The molecule has 2 N–H and O–H groups in total. The van der Waals surface area contributed by atoms with Crippen LogP contribution in [0.25, 0.3) is 22.2 Å². The van der Waals surface area contributed by atoms with E-state index in [-0.39, 0.29) is 13.2 Å². The second-order valence-electron chi connectivity index (χ2n) is 13.9. The van der Waals surface area contributed by atoms with E-state index in [0.717, 1.165) is 76.8 Å². The SMILES string of the molecule is Cc1c(COc2cc(OCc3cncc(C#N)c3)c(CN3CCCCC3C(=O)O)cc2Cl)cccc1-c1ccc2oc(N3C[C@@H]4C[C@H]3CN4)nc2c1. The molecule has 0 spiro atoms. The van der Waals surface area contributed by atoms with Crippen LogP contribution >= 0.6 is 11.6 Å². The van der Waals surface area contributed by atoms with Gasteiger partial charge in [-0.1, -0.05) is 42.3 Å². The molecule has 1 unspecified atom stereocenters. The lowest BCUT2D eigenvalue weighted by Gasteiger charge is -2.33. The zero-order valence-electron chi connectivity index (χ0n) is 28.8. The monoisotopic (exact) mass is 718 g/mol. The molecule has 3 aliphatic heterocycles. The number of anilines is 1. The molecule has 0 aliphatic carbocycles. The normalized spacial score (nSPS) is 19.9. The van der Waals surface area contributed by atoms with Gasteiger partial charge in [0.15, 0.2) is 5.58 Å². The van der Waals surface area contributed by atoms with Crippen LogP contribution < -0.4 is 19.7 Å². The highest BCUT2D eigenvalue weighted by atomic mass is 35.5. The van der Waals surface area contributed by atoms with Crippen molar-refractivity contribution in [2.75, 3.05) is 24.5 Å². The van der Waals surface area contributed by atoms with Crippen molar-refractivity contribution >= 4 is 34.7 Å². The van der Waals surface area contributed by atoms with Crippen LogP contribution in [-0.2, 0) is 24.6 Å². The lowest BCUT2D eigenvalue weighted by atomic mass is 9.96. The molecule has 11 nitrogen and oxygen atoms in total. The van der Waals surface area contributed by atoms with Crippen LogP contribution in [0.1, 0.15) is 53.5 Å². The fourth-order valence-electron chi connectivity index (χ4n) is 7.72. The molecule has 3 fully saturated rings. The van der Waals surface area contributed by atoms with Crippen molar-refractivity contribution in [2.45, 2.75) is 70.5 Å². The minimum absolute atomic E-state index is 0.161. The van der Waals surface area contributed by atoms with Crippen LogP contribution in [-0.4, -0.2) is 63.7 Å². The minimum atomic E-state index is -0.831. The molecule has 52 heavy (non-hydrogen) atoms. The second-order valence-corrected chi connectivity index (χ2v) is 14.3. The standard InChI is InChI=1S/C40H39ClN6O5/c1-24-28(5-4-6-32(24)27-8-9-36-34(13-27)45-40(52-36)47-21-30-14-31(47)19-44-30)23-51-38-15-37(50-22-26-11-25(16-42)17-43-18-26)29(12-33(38)41)20-46-10-3-2-7-35(46)39(48)49/h4-6,8-9,11-13,15,17-18,30-31,35,44H,2-3,7,10,14,19-23H2,1H3,(H,48,49)/t30-,31-,35?/m0/s1. The molecule has 266 valence electrons. The Hall–Kier alpha value is -5.15. The number of oxazole rings is 1. The Bertz CT molecular complexity index is 2180. The summed E-state index contributed by atoms with van der Waals surface area (Å²) in [6.07, 6.45) is 6.68. The number of carboxylic acid groups (broad SMARTS) is 1. The van der Waals surface area contributed by atoms with Gasteiger partial charge in [0.2, 0.25) is 0 Å². The van der Waals surface area contributed by atoms with Crippen molar-refractivity contribution in [3.63, 3.8) is 0 Å². The van der Waals surface area contributed by atoms with Crippen LogP contribution in [0.5, 0.6) is 11.5 Å².